The van der Waals surface area contributed by atoms with Crippen LogP contribution in [0.5, 0.6) is 0 Å². The zero-order chi connectivity index (χ0) is 19.1. The number of thiazole rings is 1. The molecule has 0 radical (unpaired) electrons. The molecule has 0 saturated carbocycles. The Morgan fingerprint density at radius 2 is 2.00 bits per heavy atom. The normalized spacial score (nSPS) is 16.9. The highest BCUT2D eigenvalue weighted by molar-refractivity contribution is 7.22. The highest BCUT2D eigenvalue weighted by Gasteiger charge is 2.36. The lowest BCUT2D eigenvalue weighted by Gasteiger charge is -2.19. The monoisotopic (exact) mass is 379 g/mol. The summed E-state index contributed by atoms with van der Waals surface area (Å²) in [4.78, 5) is 31.5. The average Bonchev–Trinajstić information content (AvgIpc) is 3.21. The maximum absolute atomic E-state index is 12.7. The Kier molecular flexibility index (Phi) is 4.44. The number of carbonyl (C=O) groups excluding carboxylic acids is 2. The number of nitrogens with zero attached hydrogens (tertiary/aromatic N) is 2. The van der Waals surface area contributed by atoms with Crippen LogP contribution >= 0.6 is 11.3 Å². The van der Waals surface area contributed by atoms with Crippen LogP contribution in [0, 0.1) is 26.7 Å². The van der Waals surface area contributed by atoms with Gasteiger partial charge in [-0.05, 0) is 49.6 Å². The summed E-state index contributed by atoms with van der Waals surface area (Å²) in [5, 5.41) is 3.49. The van der Waals surface area contributed by atoms with E-state index in [1.165, 1.54) is 11.3 Å². The molecule has 138 valence electrons. The number of rotatable bonds is 3. The van der Waals surface area contributed by atoms with E-state index in [0.717, 1.165) is 32.6 Å². The van der Waals surface area contributed by atoms with Crippen molar-refractivity contribution in [3.63, 3.8) is 0 Å². The van der Waals surface area contributed by atoms with Gasteiger partial charge in [0.05, 0.1) is 16.1 Å². The van der Waals surface area contributed by atoms with Gasteiger partial charge < -0.3 is 10.2 Å². The molecule has 1 unspecified atom stereocenters. The molecule has 27 heavy (non-hydrogen) atoms. The number of amides is 2. The first-order valence-electron chi connectivity index (χ1n) is 8.97. The van der Waals surface area contributed by atoms with E-state index >= 15 is 0 Å². The maximum Gasteiger partial charge on any atom is 0.231 e. The van der Waals surface area contributed by atoms with Gasteiger partial charge in [-0.3, -0.25) is 9.59 Å². The summed E-state index contributed by atoms with van der Waals surface area (Å²) in [7, 11) is 0. The fraction of sp³-hybridized carbons (Fsp3) is 0.286. The third-order valence-corrected chi connectivity index (χ3v) is 5.94. The quantitative estimate of drug-likeness (QED) is 0.741. The van der Waals surface area contributed by atoms with Crippen molar-refractivity contribution in [2.24, 2.45) is 5.92 Å². The van der Waals surface area contributed by atoms with Crippen LogP contribution in [0.3, 0.4) is 0 Å². The molecule has 4 rings (SSSR count). The lowest BCUT2D eigenvalue weighted by atomic mass is 10.1. The molecule has 3 aromatic rings. The number of carbonyl (C=O) groups is 2. The second kappa shape index (κ2) is 6.78. The van der Waals surface area contributed by atoms with E-state index in [2.05, 4.69) is 10.3 Å². The Labute approximate surface area is 162 Å². The molecule has 0 bridgehead atoms. The molecule has 1 aliphatic heterocycles. The largest absolute Gasteiger partial charge is 0.311 e. The van der Waals surface area contributed by atoms with Gasteiger partial charge in [-0.15, -0.1) is 0 Å². The minimum absolute atomic E-state index is 0.0102. The predicted octanol–water partition coefficient (Wildman–Crippen LogP) is 4.21. The average molecular weight is 379 g/mol. The second-order valence-corrected chi connectivity index (χ2v) is 8.16. The molecule has 6 heteroatoms. The maximum atomic E-state index is 12.7. The smallest absolute Gasteiger partial charge is 0.231 e. The van der Waals surface area contributed by atoms with E-state index in [-0.39, 0.29) is 24.2 Å². The van der Waals surface area contributed by atoms with Gasteiger partial charge in [0.25, 0.3) is 0 Å². The van der Waals surface area contributed by atoms with E-state index in [4.69, 9.17) is 0 Å². The van der Waals surface area contributed by atoms with Gasteiger partial charge in [-0.25, -0.2) is 4.98 Å². The minimum atomic E-state index is -0.370. The van der Waals surface area contributed by atoms with E-state index < -0.39 is 0 Å². The number of anilines is 2. The number of hydrogen-bond acceptors (Lipinski definition) is 4. The van der Waals surface area contributed by atoms with Crippen LogP contribution in [-0.4, -0.2) is 23.3 Å². The topological polar surface area (TPSA) is 62.3 Å². The van der Waals surface area contributed by atoms with Gasteiger partial charge in [-0.1, -0.05) is 35.6 Å². The molecular weight excluding hydrogens is 358 g/mol. The minimum Gasteiger partial charge on any atom is -0.311 e. The second-order valence-electron chi connectivity index (χ2n) is 7.13. The van der Waals surface area contributed by atoms with Gasteiger partial charge >= 0.3 is 0 Å². The number of aromatic nitrogens is 1. The Hall–Kier alpha value is -2.73. The van der Waals surface area contributed by atoms with Crippen LogP contribution in [-0.2, 0) is 9.59 Å². The summed E-state index contributed by atoms with van der Waals surface area (Å²) >= 11 is 1.46. The van der Waals surface area contributed by atoms with Gasteiger partial charge in [0.15, 0.2) is 5.13 Å². The van der Waals surface area contributed by atoms with Crippen molar-refractivity contribution in [3.8, 4) is 0 Å². The predicted molar refractivity (Wildman–Crippen MR) is 109 cm³/mol. The van der Waals surface area contributed by atoms with Crippen LogP contribution < -0.4 is 10.2 Å². The first-order chi connectivity index (χ1) is 12.9. The molecule has 1 aliphatic rings. The van der Waals surface area contributed by atoms with Crippen molar-refractivity contribution < 1.29 is 9.59 Å². The molecule has 2 amide bonds. The van der Waals surface area contributed by atoms with Crippen LogP contribution in [0.2, 0.25) is 0 Å². The number of fused-ring (bicyclic) bond motifs is 1. The van der Waals surface area contributed by atoms with E-state index in [9.17, 15) is 9.59 Å². The molecule has 0 aliphatic carbocycles. The fourth-order valence-corrected chi connectivity index (χ4v) is 4.42. The molecule has 0 spiro atoms. The van der Waals surface area contributed by atoms with E-state index in [1.54, 1.807) is 4.90 Å². The SMILES string of the molecule is Cc1ccc(C)c(N2CC(C(=O)Nc3nc4c(C)cccc4s3)CC2=O)c1. The summed E-state index contributed by atoms with van der Waals surface area (Å²) < 4.78 is 1.05. The number of benzene rings is 2. The third-order valence-electron chi connectivity index (χ3n) is 5.00. The van der Waals surface area contributed by atoms with Crippen LogP contribution in [0.25, 0.3) is 10.2 Å². The number of hydrogen-bond donors (Lipinski definition) is 1. The summed E-state index contributed by atoms with van der Waals surface area (Å²) in [6.45, 7) is 6.39. The Balaban J connectivity index is 1.52. The van der Waals surface area contributed by atoms with Gasteiger partial charge in [0.2, 0.25) is 11.8 Å². The highest BCUT2D eigenvalue weighted by Crippen LogP contribution is 2.31. The van der Waals surface area contributed by atoms with Crippen LogP contribution in [0.4, 0.5) is 10.8 Å². The molecule has 1 saturated heterocycles. The molecule has 5 nitrogen and oxygen atoms in total. The first-order valence-corrected chi connectivity index (χ1v) is 9.78. The van der Waals surface area contributed by atoms with Crippen molar-refractivity contribution in [2.75, 3.05) is 16.8 Å². The van der Waals surface area contributed by atoms with Gasteiger partial charge in [0.1, 0.15) is 0 Å². The van der Waals surface area contributed by atoms with Crippen LogP contribution in [0.1, 0.15) is 23.1 Å². The van der Waals surface area contributed by atoms with Gasteiger partial charge in [-0.2, -0.15) is 0 Å². The van der Waals surface area contributed by atoms with Crippen molar-refractivity contribution in [3.05, 3.63) is 53.1 Å². The molecule has 2 heterocycles. The Bertz CT molecular complexity index is 1060. The number of nitrogens with one attached hydrogen (secondary N) is 1. The summed E-state index contributed by atoms with van der Waals surface area (Å²) in [6.07, 6.45) is 0.225. The molecule has 1 N–H and O–H groups in total. The lowest BCUT2D eigenvalue weighted by Crippen LogP contribution is -2.28. The van der Waals surface area contributed by atoms with E-state index in [0.29, 0.717) is 11.7 Å². The van der Waals surface area contributed by atoms with Crippen molar-refractivity contribution in [1.82, 2.24) is 4.98 Å². The molecular formula is C21H21N3O2S. The van der Waals surface area contributed by atoms with Crippen molar-refractivity contribution >= 4 is 44.2 Å². The lowest BCUT2D eigenvalue weighted by molar-refractivity contribution is -0.122. The Morgan fingerprint density at radius 3 is 2.78 bits per heavy atom. The van der Waals surface area contributed by atoms with Crippen molar-refractivity contribution in [1.29, 1.82) is 0 Å². The molecule has 2 aromatic carbocycles. The third kappa shape index (κ3) is 3.32. The zero-order valence-corrected chi connectivity index (χ0v) is 16.4. The molecule has 1 fully saturated rings. The molecule has 1 aromatic heterocycles. The first kappa shape index (κ1) is 17.7. The molecule has 1 atom stereocenters. The Morgan fingerprint density at radius 1 is 1.19 bits per heavy atom. The summed E-state index contributed by atoms with van der Waals surface area (Å²) in [6, 6.07) is 12.0. The zero-order valence-electron chi connectivity index (χ0n) is 15.6. The van der Waals surface area contributed by atoms with Crippen molar-refractivity contribution in [2.45, 2.75) is 27.2 Å². The fourth-order valence-electron chi connectivity index (χ4n) is 3.47. The van der Waals surface area contributed by atoms with Gasteiger partial charge in [0, 0.05) is 18.7 Å². The summed E-state index contributed by atoms with van der Waals surface area (Å²) in [5.41, 5.74) is 5.03. The number of para-hydroxylation sites is 1. The standard InChI is InChI=1S/C21H21N3O2S/c1-12-7-8-13(2)16(9-12)24-11-15(10-18(24)25)20(26)23-21-22-19-14(3)5-4-6-17(19)27-21/h4-9,15H,10-11H2,1-3H3,(H,22,23,26). The van der Waals surface area contributed by atoms with E-state index in [1.807, 2.05) is 57.2 Å². The highest BCUT2D eigenvalue weighted by atomic mass is 32.1. The number of aryl methyl sites for hydroxylation is 3. The van der Waals surface area contributed by atoms with Crippen LogP contribution in [0.15, 0.2) is 36.4 Å². The summed E-state index contributed by atoms with van der Waals surface area (Å²) in [5.74, 6) is -0.526.